The lowest BCUT2D eigenvalue weighted by Crippen LogP contribution is -2.35. The Kier molecular flexibility index (Phi) is 5.05. The summed E-state index contributed by atoms with van der Waals surface area (Å²) in [5.74, 6) is -1.96. The molecule has 0 aliphatic heterocycles. The van der Waals surface area contributed by atoms with Crippen molar-refractivity contribution in [3.63, 3.8) is 0 Å². The van der Waals surface area contributed by atoms with Crippen molar-refractivity contribution in [3.05, 3.63) is 17.0 Å². The summed E-state index contributed by atoms with van der Waals surface area (Å²) in [7, 11) is 0. The molecule has 1 atom stereocenters. The highest BCUT2D eigenvalue weighted by Crippen LogP contribution is 2.15. The van der Waals surface area contributed by atoms with Crippen molar-refractivity contribution in [3.8, 4) is 0 Å². The van der Waals surface area contributed by atoms with E-state index in [4.69, 9.17) is 14.7 Å². The Bertz CT molecular complexity index is 449. The third kappa shape index (κ3) is 4.36. The highest BCUT2D eigenvalue weighted by atomic mass is 16.5. The second-order valence-electron chi connectivity index (χ2n) is 4.61. The largest absolute Gasteiger partial charge is 0.481 e. The van der Waals surface area contributed by atoms with Crippen molar-refractivity contribution in [1.29, 1.82) is 0 Å². The Hall–Kier alpha value is -1.89. The molecule has 7 heteroatoms. The minimum atomic E-state index is -0.996. The first kappa shape index (κ1) is 15.2. The molecule has 0 saturated carbocycles. The fraction of sp³-hybridized carbons (Fsp3) is 0.583. The lowest BCUT2D eigenvalue weighted by molar-refractivity contribution is -0.144. The fourth-order valence-corrected chi connectivity index (χ4v) is 1.79. The van der Waals surface area contributed by atoms with Crippen LogP contribution in [0, 0.1) is 19.8 Å². The molecule has 0 aliphatic carbocycles. The summed E-state index contributed by atoms with van der Waals surface area (Å²) in [5.41, 5.74) is 1.50. The van der Waals surface area contributed by atoms with Crippen LogP contribution in [0.3, 0.4) is 0 Å². The third-order valence-electron chi connectivity index (χ3n) is 2.88. The van der Waals surface area contributed by atoms with Gasteiger partial charge in [0.2, 0.25) is 0 Å². The summed E-state index contributed by atoms with van der Waals surface area (Å²) in [6.45, 7) is 5.31. The molecule has 0 amide bonds. The number of carboxylic acids is 2. The Morgan fingerprint density at radius 2 is 2.00 bits per heavy atom. The second kappa shape index (κ2) is 6.33. The van der Waals surface area contributed by atoms with Crippen LogP contribution in [-0.4, -0.2) is 45.3 Å². The van der Waals surface area contributed by atoms with Crippen molar-refractivity contribution in [2.75, 3.05) is 13.1 Å². The maximum atomic E-state index is 10.9. The van der Waals surface area contributed by atoms with Crippen molar-refractivity contribution in [2.45, 2.75) is 27.3 Å². The topological polar surface area (TPSA) is 104 Å². The summed E-state index contributed by atoms with van der Waals surface area (Å²) < 4.78 is 5.01. The number of nitrogens with zero attached hydrogens (tertiary/aromatic N) is 2. The van der Waals surface area contributed by atoms with Crippen LogP contribution in [0.25, 0.3) is 0 Å². The van der Waals surface area contributed by atoms with Gasteiger partial charge in [-0.25, -0.2) is 0 Å². The SMILES string of the molecule is Cc1noc(C)c1CN(CC(=O)O)CC(C)C(=O)O. The molecular weight excluding hydrogens is 252 g/mol. The van der Waals surface area contributed by atoms with Crippen molar-refractivity contribution in [1.82, 2.24) is 10.1 Å². The van der Waals surface area contributed by atoms with E-state index in [1.54, 1.807) is 25.7 Å². The lowest BCUT2D eigenvalue weighted by atomic mass is 10.1. The number of aliphatic carboxylic acids is 2. The Morgan fingerprint density at radius 1 is 1.37 bits per heavy atom. The predicted octanol–water partition coefficient (Wildman–Crippen LogP) is 0.899. The zero-order chi connectivity index (χ0) is 14.6. The molecule has 0 radical (unpaired) electrons. The number of carboxylic acid groups (broad SMARTS) is 2. The average Bonchev–Trinajstić information content (AvgIpc) is 2.59. The number of aromatic nitrogens is 1. The first-order chi connectivity index (χ1) is 8.81. The molecule has 0 spiro atoms. The summed E-state index contributed by atoms with van der Waals surface area (Å²) in [5, 5.41) is 21.6. The highest BCUT2D eigenvalue weighted by molar-refractivity contribution is 5.71. The van der Waals surface area contributed by atoms with Crippen molar-refractivity contribution in [2.24, 2.45) is 5.92 Å². The van der Waals surface area contributed by atoms with Gasteiger partial charge >= 0.3 is 11.9 Å². The van der Waals surface area contributed by atoms with Gasteiger partial charge in [0.05, 0.1) is 18.2 Å². The Balaban J connectivity index is 2.80. The zero-order valence-corrected chi connectivity index (χ0v) is 11.2. The van der Waals surface area contributed by atoms with Crippen LogP contribution in [0.1, 0.15) is 23.9 Å². The molecule has 106 valence electrons. The standard InChI is InChI=1S/C12H18N2O5/c1-7(12(17)18)4-14(6-11(15)16)5-10-8(2)13-19-9(10)3/h7H,4-6H2,1-3H3,(H,15,16)(H,17,18). The highest BCUT2D eigenvalue weighted by Gasteiger charge is 2.21. The third-order valence-corrected chi connectivity index (χ3v) is 2.88. The van der Waals surface area contributed by atoms with Gasteiger partial charge in [0, 0.05) is 18.7 Å². The van der Waals surface area contributed by atoms with Gasteiger partial charge in [0.25, 0.3) is 0 Å². The second-order valence-corrected chi connectivity index (χ2v) is 4.61. The Labute approximate surface area is 110 Å². The van der Waals surface area contributed by atoms with Crippen LogP contribution >= 0.6 is 0 Å². The quantitative estimate of drug-likeness (QED) is 0.758. The normalized spacial score (nSPS) is 12.6. The van der Waals surface area contributed by atoms with Gasteiger partial charge in [0.15, 0.2) is 0 Å². The molecule has 0 aliphatic rings. The maximum absolute atomic E-state index is 10.9. The fourth-order valence-electron chi connectivity index (χ4n) is 1.79. The van der Waals surface area contributed by atoms with Gasteiger partial charge in [-0.3, -0.25) is 14.5 Å². The molecule has 1 heterocycles. The summed E-state index contributed by atoms with van der Waals surface area (Å²) in [6.07, 6.45) is 0. The number of hydrogen-bond acceptors (Lipinski definition) is 5. The van der Waals surface area contributed by atoms with Gasteiger partial charge < -0.3 is 14.7 Å². The van der Waals surface area contributed by atoms with E-state index < -0.39 is 17.9 Å². The van der Waals surface area contributed by atoms with Crippen LogP contribution in [-0.2, 0) is 16.1 Å². The number of aryl methyl sites for hydroxylation is 2. The van der Waals surface area contributed by atoms with Gasteiger partial charge in [-0.15, -0.1) is 0 Å². The van der Waals surface area contributed by atoms with E-state index in [9.17, 15) is 9.59 Å². The molecule has 1 aromatic heterocycles. The summed E-state index contributed by atoms with van der Waals surface area (Å²) in [4.78, 5) is 23.2. The van der Waals surface area contributed by atoms with Crippen LogP contribution in [0.15, 0.2) is 4.52 Å². The molecule has 0 aromatic carbocycles. The lowest BCUT2D eigenvalue weighted by Gasteiger charge is -2.22. The van der Waals surface area contributed by atoms with Crippen LogP contribution < -0.4 is 0 Å². The zero-order valence-electron chi connectivity index (χ0n) is 11.2. The van der Waals surface area contributed by atoms with Crippen molar-refractivity contribution < 1.29 is 24.3 Å². The molecular formula is C12H18N2O5. The molecule has 0 fully saturated rings. The van der Waals surface area contributed by atoms with Crippen LogP contribution in [0.5, 0.6) is 0 Å². The molecule has 1 aromatic rings. The first-order valence-corrected chi connectivity index (χ1v) is 5.90. The van der Waals surface area contributed by atoms with Crippen molar-refractivity contribution >= 4 is 11.9 Å². The van der Waals surface area contributed by atoms with Crippen LogP contribution in [0.2, 0.25) is 0 Å². The molecule has 7 nitrogen and oxygen atoms in total. The molecule has 1 unspecified atom stereocenters. The van der Waals surface area contributed by atoms with E-state index >= 15 is 0 Å². The molecule has 0 bridgehead atoms. The Morgan fingerprint density at radius 3 is 2.42 bits per heavy atom. The molecule has 1 rings (SSSR count). The number of rotatable bonds is 7. The average molecular weight is 270 g/mol. The predicted molar refractivity (Wildman–Crippen MR) is 65.7 cm³/mol. The van der Waals surface area contributed by atoms with Gasteiger partial charge in [-0.2, -0.15) is 0 Å². The van der Waals surface area contributed by atoms with E-state index in [1.807, 2.05) is 0 Å². The van der Waals surface area contributed by atoms with E-state index in [1.165, 1.54) is 0 Å². The van der Waals surface area contributed by atoms with Gasteiger partial charge in [-0.05, 0) is 13.8 Å². The molecule has 19 heavy (non-hydrogen) atoms. The minimum Gasteiger partial charge on any atom is -0.481 e. The van der Waals surface area contributed by atoms with E-state index in [-0.39, 0.29) is 13.1 Å². The summed E-state index contributed by atoms with van der Waals surface area (Å²) in [6, 6.07) is 0. The number of carbonyl (C=O) groups is 2. The van der Waals surface area contributed by atoms with Gasteiger partial charge in [0.1, 0.15) is 5.76 Å². The number of hydrogen-bond donors (Lipinski definition) is 2. The van der Waals surface area contributed by atoms with E-state index in [0.717, 1.165) is 5.56 Å². The van der Waals surface area contributed by atoms with E-state index in [2.05, 4.69) is 5.16 Å². The van der Waals surface area contributed by atoms with E-state index in [0.29, 0.717) is 18.0 Å². The van der Waals surface area contributed by atoms with Gasteiger partial charge in [-0.1, -0.05) is 12.1 Å². The summed E-state index contributed by atoms with van der Waals surface area (Å²) >= 11 is 0. The maximum Gasteiger partial charge on any atom is 0.317 e. The monoisotopic (exact) mass is 270 g/mol. The minimum absolute atomic E-state index is 0.158. The van der Waals surface area contributed by atoms with Crippen LogP contribution in [0.4, 0.5) is 0 Å². The first-order valence-electron chi connectivity index (χ1n) is 5.90. The molecule has 0 saturated heterocycles. The molecule has 2 N–H and O–H groups in total. The smallest absolute Gasteiger partial charge is 0.317 e.